The summed E-state index contributed by atoms with van der Waals surface area (Å²) in [6, 6.07) is 21.9. The molecule has 0 saturated heterocycles. The number of carbonyl (C=O) groups is 2. The smallest absolute Gasteiger partial charge is 0.282 e. The maximum absolute atomic E-state index is 13.7. The highest BCUT2D eigenvalue weighted by Gasteiger charge is 2.44. The predicted molar refractivity (Wildman–Crippen MR) is 121 cm³/mol. The van der Waals surface area contributed by atoms with Crippen LogP contribution in [-0.2, 0) is 16.0 Å². The van der Waals surface area contributed by atoms with Gasteiger partial charge in [-0.1, -0.05) is 41.9 Å². The number of fused-ring (bicyclic) bond motifs is 1. The van der Waals surface area contributed by atoms with E-state index >= 15 is 0 Å². The summed E-state index contributed by atoms with van der Waals surface area (Å²) < 4.78 is 5.21. The summed E-state index contributed by atoms with van der Waals surface area (Å²) in [5.41, 5.74) is 4.07. The molecule has 0 spiro atoms. The zero-order valence-corrected chi connectivity index (χ0v) is 17.6. The molecular formula is C25H19ClN2O3. The van der Waals surface area contributed by atoms with Crippen molar-refractivity contribution in [2.45, 2.75) is 6.42 Å². The molecule has 3 aromatic carbocycles. The number of halogens is 1. The van der Waals surface area contributed by atoms with Crippen molar-refractivity contribution in [1.82, 2.24) is 0 Å². The number of imide groups is 1. The van der Waals surface area contributed by atoms with Crippen molar-refractivity contribution in [1.29, 1.82) is 0 Å². The van der Waals surface area contributed by atoms with Gasteiger partial charge in [0.25, 0.3) is 11.8 Å². The maximum Gasteiger partial charge on any atom is 0.282 e. The number of para-hydroxylation sites is 1. The van der Waals surface area contributed by atoms with Crippen LogP contribution in [0.25, 0.3) is 5.57 Å². The SMILES string of the molecule is COc1ccc(N2C(=O)C(c3ccc(Cl)cc3)=C(N3CCc4ccccc43)C2=O)cc1. The Kier molecular flexibility index (Phi) is 4.75. The lowest BCUT2D eigenvalue weighted by molar-refractivity contribution is -0.120. The van der Waals surface area contributed by atoms with E-state index in [4.69, 9.17) is 16.3 Å². The minimum absolute atomic E-state index is 0.336. The lowest BCUT2D eigenvalue weighted by atomic mass is 10.0. The Morgan fingerprint density at radius 3 is 2.29 bits per heavy atom. The molecule has 5 rings (SSSR count). The van der Waals surface area contributed by atoms with Crippen LogP contribution >= 0.6 is 11.6 Å². The number of hydrogen-bond donors (Lipinski definition) is 0. The summed E-state index contributed by atoms with van der Waals surface area (Å²) in [6.45, 7) is 0.640. The Morgan fingerprint density at radius 2 is 1.58 bits per heavy atom. The lowest BCUT2D eigenvalue weighted by Gasteiger charge is -2.22. The van der Waals surface area contributed by atoms with Gasteiger partial charge < -0.3 is 9.64 Å². The fourth-order valence-electron chi connectivity index (χ4n) is 4.18. The number of anilines is 2. The number of methoxy groups -OCH3 is 1. The first-order chi connectivity index (χ1) is 15.1. The van der Waals surface area contributed by atoms with E-state index in [1.807, 2.05) is 23.1 Å². The van der Waals surface area contributed by atoms with Crippen LogP contribution in [-0.4, -0.2) is 25.5 Å². The first-order valence-electron chi connectivity index (χ1n) is 9.97. The van der Waals surface area contributed by atoms with Crippen LogP contribution in [0.2, 0.25) is 5.02 Å². The number of nitrogens with zero attached hydrogens (tertiary/aromatic N) is 2. The van der Waals surface area contributed by atoms with Gasteiger partial charge in [0.2, 0.25) is 0 Å². The largest absolute Gasteiger partial charge is 0.497 e. The summed E-state index contributed by atoms with van der Waals surface area (Å²) in [5, 5.41) is 0.571. The third-order valence-electron chi connectivity index (χ3n) is 5.68. The molecule has 0 fully saturated rings. The molecule has 0 aliphatic carbocycles. The summed E-state index contributed by atoms with van der Waals surface area (Å²) >= 11 is 6.07. The number of amides is 2. The average Bonchev–Trinajstić information content (AvgIpc) is 3.32. The number of benzene rings is 3. The van der Waals surface area contributed by atoms with Crippen molar-refractivity contribution in [2.75, 3.05) is 23.5 Å². The van der Waals surface area contributed by atoms with Gasteiger partial charge in [-0.25, -0.2) is 4.90 Å². The summed E-state index contributed by atoms with van der Waals surface area (Å²) in [7, 11) is 1.57. The van der Waals surface area contributed by atoms with Gasteiger partial charge in [-0.05, 0) is 60.0 Å². The third kappa shape index (κ3) is 3.18. The van der Waals surface area contributed by atoms with E-state index in [1.54, 1.807) is 55.6 Å². The van der Waals surface area contributed by atoms with Crippen molar-refractivity contribution in [2.24, 2.45) is 0 Å². The van der Waals surface area contributed by atoms with Gasteiger partial charge >= 0.3 is 0 Å². The first-order valence-corrected chi connectivity index (χ1v) is 10.3. The van der Waals surface area contributed by atoms with E-state index in [1.165, 1.54) is 4.90 Å². The maximum atomic E-state index is 13.7. The first kappa shape index (κ1) is 19.4. The van der Waals surface area contributed by atoms with Gasteiger partial charge in [0.15, 0.2) is 0 Å². The number of ether oxygens (including phenoxy) is 1. The minimum Gasteiger partial charge on any atom is -0.497 e. The highest BCUT2D eigenvalue weighted by molar-refractivity contribution is 6.46. The Morgan fingerprint density at radius 1 is 0.871 bits per heavy atom. The van der Waals surface area contributed by atoms with E-state index in [9.17, 15) is 9.59 Å². The highest BCUT2D eigenvalue weighted by Crippen LogP contribution is 2.40. The second kappa shape index (κ2) is 7.60. The van der Waals surface area contributed by atoms with E-state index in [-0.39, 0.29) is 11.8 Å². The second-order valence-corrected chi connectivity index (χ2v) is 7.84. The monoisotopic (exact) mass is 430 g/mol. The van der Waals surface area contributed by atoms with Crippen LogP contribution in [0, 0.1) is 0 Å². The van der Waals surface area contributed by atoms with E-state index in [2.05, 4.69) is 6.07 Å². The molecule has 0 N–H and O–H groups in total. The molecule has 2 aliphatic heterocycles. The van der Waals surface area contributed by atoms with Crippen molar-refractivity contribution in [3.8, 4) is 5.75 Å². The van der Waals surface area contributed by atoms with Crippen molar-refractivity contribution >= 4 is 40.4 Å². The molecule has 3 aromatic rings. The summed E-state index contributed by atoms with van der Waals surface area (Å²) in [5.74, 6) is -0.0314. The Hall–Kier alpha value is -3.57. The van der Waals surface area contributed by atoms with Crippen LogP contribution in [0.1, 0.15) is 11.1 Å². The zero-order valence-electron chi connectivity index (χ0n) is 16.8. The van der Waals surface area contributed by atoms with Crippen molar-refractivity contribution in [3.05, 3.63) is 94.6 Å². The molecule has 0 atom stereocenters. The third-order valence-corrected chi connectivity index (χ3v) is 5.93. The van der Waals surface area contributed by atoms with Gasteiger partial charge in [-0.3, -0.25) is 9.59 Å². The molecule has 31 heavy (non-hydrogen) atoms. The minimum atomic E-state index is -0.350. The predicted octanol–water partition coefficient (Wildman–Crippen LogP) is 4.70. The number of carbonyl (C=O) groups excluding carboxylic acids is 2. The van der Waals surface area contributed by atoms with Crippen LogP contribution in [0.3, 0.4) is 0 Å². The molecule has 5 nitrogen and oxygen atoms in total. The Balaban J connectivity index is 1.65. The average molecular weight is 431 g/mol. The molecular weight excluding hydrogens is 412 g/mol. The fraction of sp³-hybridized carbons (Fsp3) is 0.120. The van der Waals surface area contributed by atoms with Crippen LogP contribution < -0.4 is 14.5 Å². The van der Waals surface area contributed by atoms with Crippen molar-refractivity contribution < 1.29 is 14.3 Å². The highest BCUT2D eigenvalue weighted by atomic mass is 35.5. The van der Waals surface area contributed by atoms with Gasteiger partial charge in [0, 0.05) is 17.3 Å². The van der Waals surface area contributed by atoms with Crippen LogP contribution in [0.15, 0.2) is 78.5 Å². The standard InChI is InChI=1S/C25H19ClN2O3/c1-31-20-12-10-19(11-13-20)28-24(29)22(17-6-8-18(26)9-7-17)23(25(28)30)27-15-14-16-4-2-3-5-21(16)27/h2-13H,14-15H2,1H3. The normalized spacial score (nSPS) is 15.7. The van der Waals surface area contributed by atoms with Gasteiger partial charge in [0.05, 0.1) is 18.4 Å². The number of hydrogen-bond acceptors (Lipinski definition) is 4. The molecule has 0 bridgehead atoms. The molecule has 0 unspecified atom stereocenters. The summed E-state index contributed by atoms with van der Waals surface area (Å²) in [6.07, 6.45) is 0.817. The Labute approximate surface area is 185 Å². The summed E-state index contributed by atoms with van der Waals surface area (Å²) in [4.78, 5) is 30.5. The molecule has 0 aromatic heterocycles. The van der Waals surface area contributed by atoms with Crippen LogP contribution in [0.4, 0.5) is 11.4 Å². The van der Waals surface area contributed by atoms with E-state index in [0.29, 0.717) is 39.8 Å². The van der Waals surface area contributed by atoms with Crippen LogP contribution in [0.5, 0.6) is 5.75 Å². The molecule has 154 valence electrons. The van der Waals surface area contributed by atoms with E-state index < -0.39 is 0 Å². The molecule has 0 radical (unpaired) electrons. The molecule has 6 heteroatoms. The van der Waals surface area contributed by atoms with Gasteiger partial charge in [0.1, 0.15) is 11.4 Å². The lowest BCUT2D eigenvalue weighted by Crippen LogP contribution is -2.34. The van der Waals surface area contributed by atoms with Gasteiger partial charge in [-0.15, -0.1) is 0 Å². The number of rotatable bonds is 4. The zero-order chi connectivity index (χ0) is 21.5. The van der Waals surface area contributed by atoms with E-state index in [0.717, 1.165) is 17.7 Å². The molecule has 0 saturated carbocycles. The van der Waals surface area contributed by atoms with Gasteiger partial charge in [-0.2, -0.15) is 0 Å². The van der Waals surface area contributed by atoms with Crippen molar-refractivity contribution in [3.63, 3.8) is 0 Å². The molecule has 2 aliphatic rings. The Bertz CT molecular complexity index is 1220. The molecule has 2 heterocycles. The quantitative estimate of drug-likeness (QED) is 0.563. The fourth-order valence-corrected chi connectivity index (χ4v) is 4.31. The molecule has 2 amide bonds. The second-order valence-electron chi connectivity index (χ2n) is 7.40. The topological polar surface area (TPSA) is 49.9 Å².